The Morgan fingerprint density at radius 3 is 2.85 bits per heavy atom. The summed E-state index contributed by atoms with van der Waals surface area (Å²) in [4.78, 5) is 0. The van der Waals surface area contributed by atoms with Crippen LogP contribution >= 0.6 is 11.6 Å². The Kier molecular flexibility index (Phi) is 3.93. The molecule has 0 saturated carbocycles. The monoisotopic (exact) mass is 229 g/mol. The van der Waals surface area contributed by atoms with Crippen LogP contribution in [-0.4, -0.2) is 55.4 Å². The third-order valence-electron chi connectivity index (χ3n) is 1.84. The summed E-state index contributed by atoms with van der Waals surface area (Å²) in [5, 5.41) is 8.34. The van der Waals surface area contributed by atoms with Crippen LogP contribution in [0.15, 0.2) is 0 Å². The number of aliphatic hydroxyl groups excluding tert-OH is 1. The molecule has 0 aliphatic carbocycles. The maximum Gasteiger partial charge on any atom is 0.228 e. The molecule has 0 aromatic carbocycles. The molecule has 5 nitrogen and oxygen atoms in total. The number of hydrogen-bond donors (Lipinski definition) is 1. The number of hydrogen-bond acceptors (Lipinski definition) is 4. The van der Waals surface area contributed by atoms with Crippen LogP contribution in [0.4, 0.5) is 0 Å². The van der Waals surface area contributed by atoms with Crippen molar-refractivity contribution in [3.8, 4) is 0 Å². The van der Waals surface area contributed by atoms with Crippen molar-refractivity contribution in [1.29, 1.82) is 0 Å². The van der Waals surface area contributed by atoms with Crippen LogP contribution in [0.2, 0.25) is 0 Å². The molecule has 1 N–H and O–H groups in total. The van der Waals surface area contributed by atoms with Crippen molar-refractivity contribution in [2.75, 3.05) is 31.5 Å². The fourth-order valence-electron chi connectivity index (χ4n) is 1.12. The predicted octanol–water partition coefficient (Wildman–Crippen LogP) is -0.794. The van der Waals surface area contributed by atoms with Gasteiger partial charge in [0.25, 0.3) is 0 Å². The molecule has 1 saturated heterocycles. The van der Waals surface area contributed by atoms with Gasteiger partial charge in [-0.3, -0.25) is 0 Å². The number of halogens is 1. The molecular formula is C6H12ClNO4S. The van der Waals surface area contributed by atoms with Gasteiger partial charge in [-0.25, -0.2) is 8.42 Å². The van der Waals surface area contributed by atoms with Crippen molar-refractivity contribution in [2.24, 2.45) is 0 Å². The quantitative estimate of drug-likeness (QED) is 0.644. The minimum Gasteiger partial charge on any atom is -0.394 e. The minimum atomic E-state index is -3.36. The zero-order valence-corrected chi connectivity index (χ0v) is 8.59. The van der Waals surface area contributed by atoms with Gasteiger partial charge in [0.05, 0.1) is 19.3 Å². The van der Waals surface area contributed by atoms with Crippen LogP contribution in [0.3, 0.4) is 0 Å². The first-order valence-corrected chi connectivity index (χ1v) is 6.01. The van der Waals surface area contributed by atoms with Crippen molar-refractivity contribution in [3.05, 3.63) is 0 Å². The van der Waals surface area contributed by atoms with Gasteiger partial charge in [0.1, 0.15) is 5.21 Å². The zero-order valence-electron chi connectivity index (χ0n) is 7.02. The lowest BCUT2D eigenvalue weighted by Crippen LogP contribution is -2.47. The molecule has 1 aliphatic rings. The summed E-state index contributed by atoms with van der Waals surface area (Å²) in [5.41, 5.74) is 0. The highest BCUT2D eigenvalue weighted by atomic mass is 35.5. The van der Waals surface area contributed by atoms with Gasteiger partial charge in [-0.15, -0.1) is 11.6 Å². The van der Waals surface area contributed by atoms with Crippen LogP contribution in [-0.2, 0) is 14.8 Å². The van der Waals surface area contributed by atoms with E-state index in [4.69, 9.17) is 21.4 Å². The van der Waals surface area contributed by atoms with Gasteiger partial charge in [-0.05, 0) is 0 Å². The van der Waals surface area contributed by atoms with Crippen LogP contribution in [0.25, 0.3) is 0 Å². The van der Waals surface area contributed by atoms with Gasteiger partial charge in [0.2, 0.25) is 10.0 Å². The predicted molar refractivity (Wildman–Crippen MR) is 48.0 cm³/mol. The van der Waals surface area contributed by atoms with Crippen LogP contribution in [0.1, 0.15) is 0 Å². The minimum absolute atomic E-state index is 0.172. The normalized spacial score (nSPS) is 26.2. The number of morpholine rings is 1. The van der Waals surface area contributed by atoms with Gasteiger partial charge in [-0.2, -0.15) is 4.31 Å². The van der Waals surface area contributed by atoms with Crippen molar-refractivity contribution in [3.63, 3.8) is 0 Å². The molecule has 1 rings (SSSR count). The van der Waals surface area contributed by atoms with E-state index in [1.54, 1.807) is 0 Å². The largest absolute Gasteiger partial charge is 0.394 e. The summed E-state index contributed by atoms with van der Waals surface area (Å²) in [6.45, 7) is 0.632. The van der Waals surface area contributed by atoms with Gasteiger partial charge in [-0.1, -0.05) is 0 Å². The number of sulfonamides is 1. The first-order chi connectivity index (χ1) is 6.10. The van der Waals surface area contributed by atoms with Crippen LogP contribution < -0.4 is 0 Å². The Bertz CT molecular complexity index is 255. The lowest BCUT2D eigenvalue weighted by Gasteiger charge is -2.30. The SMILES string of the molecule is O=S(=O)(CCl)N1CCOC(CO)C1. The fourth-order valence-corrected chi connectivity index (χ4v) is 2.42. The fraction of sp³-hybridized carbons (Fsp3) is 1.00. The zero-order chi connectivity index (χ0) is 9.90. The number of nitrogens with zero attached hydrogens (tertiary/aromatic N) is 1. The molecule has 1 heterocycles. The molecule has 78 valence electrons. The molecule has 0 spiro atoms. The van der Waals surface area contributed by atoms with Gasteiger partial charge < -0.3 is 9.84 Å². The van der Waals surface area contributed by atoms with Crippen LogP contribution in [0, 0.1) is 0 Å². The Morgan fingerprint density at radius 1 is 1.62 bits per heavy atom. The smallest absolute Gasteiger partial charge is 0.228 e. The third kappa shape index (κ3) is 2.78. The standard InChI is InChI=1S/C6H12ClNO4S/c7-5-13(10,11)8-1-2-12-6(3-8)4-9/h6,9H,1-5H2. The van der Waals surface area contributed by atoms with E-state index in [-0.39, 0.29) is 13.2 Å². The molecule has 13 heavy (non-hydrogen) atoms. The molecule has 0 amide bonds. The van der Waals surface area contributed by atoms with Crippen molar-refractivity contribution >= 4 is 21.6 Å². The Balaban J connectivity index is 2.61. The molecule has 1 atom stereocenters. The first kappa shape index (κ1) is 11.2. The van der Waals surface area contributed by atoms with Crippen molar-refractivity contribution in [1.82, 2.24) is 4.31 Å². The first-order valence-electron chi connectivity index (χ1n) is 3.86. The highest BCUT2D eigenvalue weighted by Crippen LogP contribution is 2.10. The summed E-state index contributed by atoms with van der Waals surface area (Å²) in [6, 6.07) is 0. The summed E-state index contributed by atoms with van der Waals surface area (Å²) >= 11 is 5.28. The summed E-state index contributed by atoms with van der Waals surface area (Å²) in [5.74, 6) is 0. The molecule has 0 radical (unpaired) electrons. The summed E-state index contributed by atoms with van der Waals surface area (Å²) in [7, 11) is -3.36. The highest BCUT2D eigenvalue weighted by molar-refractivity contribution is 7.90. The molecule has 1 fully saturated rings. The number of aliphatic hydroxyl groups is 1. The Labute approximate surface area is 82.3 Å². The van der Waals surface area contributed by atoms with E-state index < -0.39 is 21.3 Å². The van der Waals surface area contributed by atoms with E-state index in [0.717, 1.165) is 0 Å². The molecule has 0 bridgehead atoms. The lowest BCUT2D eigenvalue weighted by molar-refractivity contribution is -0.0303. The van der Waals surface area contributed by atoms with E-state index in [1.807, 2.05) is 0 Å². The highest BCUT2D eigenvalue weighted by Gasteiger charge is 2.28. The molecule has 7 heteroatoms. The van der Waals surface area contributed by atoms with E-state index in [0.29, 0.717) is 13.2 Å². The number of ether oxygens (including phenoxy) is 1. The van der Waals surface area contributed by atoms with Crippen molar-refractivity contribution < 1.29 is 18.3 Å². The van der Waals surface area contributed by atoms with E-state index >= 15 is 0 Å². The van der Waals surface area contributed by atoms with Gasteiger partial charge in [0, 0.05) is 13.1 Å². The number of alkyl halides is 1. The third-order valence-corrected chi connectivity index (χ3v) is 4.06. The van der Waals surface area contributed by atoms with E-state index in [1.165, 1.54) is 4.31 Å². The van der Waals surface area contributed by atoms with Gasteiger partial charge >= 0.3 is 0 Å². The second-order valence-electron chi connectivity index (χ2n) is 2.75. The number of rotatable bonds is 3. The molecule has 1 unspecified atom stereocenters. The lowest BCUT2D eigenvalue weighted by atomic mass is 10.3. The molecular weight excluding hydrogens is 218 g/mol. The molecule has 0 aromatic rings. The summed E-state index contributed by atoms with van der Waals surface area (Å²) in [6.07, 6.45) is -0.424. The second kappa shape index (κ2) is 4.56. The van der Waals surface area contributed by atoms with Crippen molar-refractivity contribution in [2.45, 2.75) is 6.10 Å². The maximum absolute atomic E-state index is 11.3. The van der Waals surface area contributed by atoms with Gasteiger partial charge in [0.15, 0.2) is 0 Å². The van der Waals surface area contributed by atoms with E-state index in [9.17, 15) is 8.42 Å². The Hall–Kier alpha value is 0.120. The molecule has 0 aromatic heterocycles. The summed E-state index contributed by atoms with van der Waals surface area (Å²) < 4.78 is 28.9. The Morgan fingerprint density at radius 2 is 2.31 bits per heavy atom. The van der Waals surface area contributed by atoms with E-state index in [2.05, 4.69) is 0 Å². The topological polar surface area (TPSA) is 66.8 Å². The average molecular weight is 230 g/mol. The maximum atomic E-state index is 11.3. The second-order valence-corrected chi connectivity index (χ2v) is 5.31. The average Bonchev–Trinajstić information content (AvgIpc) is 2.18. The van der Waals surface area contributed by atoms with Crippen LogP contribution in [0.5, 0.6) is 0 Å². The molecule has 1 aliphatic heterocycles.